The summed E-state index contributed by atoms with van der Waals surface area (Å²) in [6.45, 7) is 0. The number of aromatic nitrogens is 2. The first-order valence-corrected chi connectivity index (χ1v) is 12.0. The number of carbonyl (C=O) groups is 2. The summed E-state index contributed by atoms with van der Waals surface area (Å²) in [5, 5.41) is 11.7. The Balaban J connectivity index is 1.49. The largest absolute Gasteiger partial charge is 0.503 e. The molecule has 3 heterocycles. The summed E-state index contributed by atoms with van der Waals surface area (Å²) in [5.41, 5.74) is 2.01. The fourth-order valence-electron chi connectivity index (χ4n) is 4.82. The Labute approximate surface area is 222 Å². The second-order valence-corrected chi connectivity index (χ2v) is 8.88. The first kappa shape index (κ1) is 24.1. The molecule has 0 aliphatic carbocycles. The highest BCUT2D eigenvalue weighted by Crippen LogP contribution is 2.42. The molecule has 1 amide bonds. The van der Waals surface area contributed by atoms with E-state index in [-0.39, 0.29) is 17.3 Å². The number of ketones is 1. The molecule has 0 saturated heterocycles. The fraction of sp³-hybridized carbons (Fsp3) is 0.138. The molecule has 1 atom stereocenters. The summed E-state index contributed by atoms with van der Waals surface area (Å²) >= 11 is 0. The summed E-state index contributed by atoms with van der Waals surface area (Å²) < 4.78 is 21.8. The van der Waals surface area contributed by atoms with E-state index >= 15 is 0 Å². The predicted molar refractivity (Wildman–Crippen MR) is 143 cm³/mol. The molecule has 0 spiro atoms. The van der Waals surface area contributed by atoms with Gasteiger partial charge in [-0.2, -0.15) is 0 Å². The Hall–Kier alpha value is -5.25. The smallest absolute Gasteiger partial charge is 0.296 e. The zero-order valence-corrected chi connectivity index (χ0v) is 21.2. The van der Waals surface area contributed by atoms with Gasteiger partial charge >= 0.3 is 0 Å². The van der Waals surface area contributed by atoms with Gasteiger partial charge in [-0.1, -0.05) is 24.3 Å². The zero-order chi connectivity index (χ0) is 27.3. The topological polar surface area (TPSA) is 127 Å². The number of hydrogen-bond donors (Lipinski definition) is 2. The van der Waals surface area contributed by atoms with Gasteiger partial charge in [-0.3, -0.25) is 14.5 Å². The van der Waals surface area contributed by atoms with Gasteiger partial charge in [0.15, 0.2) is 22.9 Å². The van der Waals surface area contributed by atoms with Crippen LogP contribution >= 0.6 is 0 Å². The summed E-state index contributed by atoms with van der Waals surface area (Å²) in [6.07, 6.45) is 0. The minimum absolute atomic E-state index is 0.0430. The number of carbonyl (C=O) groups excluding carboxylic acids is 2. The molecule has 1 aliphatic heterocycles. The minimum Gasteiger partial charge on any atom is -0.503 e. The van der Waals surface area contributed by atoms with E-state index in [0.717, 1.165) is 0 Å². The van der Waals surface area contributed by atoms with Crippen molar-refractivity contribution in [1.29, 1.82) is 0 Å². The fourth-order valence-corrected chi connectivity index (χ4v) is 4.82. The van der Waals surface area contributed by atoms with Crippen LogP contribution in [0, 0.1) is 0 Å². The van der Waals surface area contributed by atoms with Gasteiger partial charge in [-0.05, 0) is 42.0 Å². The lowest BCUT2D eigenvalue weighted by molar-refractivity contribution is -0.117. The van der Waals surface area contributed by atoms with Gasteiger partial charge in [0.05, 0.1) is 44.0 Å². The Morgan fingerprint density at radius 2 is 1.72 bits per heavy atom. The van der Waals surface area contributed by atoms with E-state index in [4.69, 9.17) is 18.6 Å². The third kappa shape index (κ3) is 3.84. The van der Waals surface area contributed by atoms with Crippen LogP contribution in [0.25, 0.3) is 22.0 Å². The highest BCUT2D eigenvalue weighted by Gasteiger charge is 2.46. The molecule has 3 aromatic carbocycles. The van der Waals surface area contributed by atoms with E-state index in [2.05, 4.69) is 9.97 Å². The van der Waals surface area contributed by atoms with Crippen molar-refractivity contribution < 1.29 is 33.3 Å². The number of ether oxygens (including phenoxy) is 3. The molecule has 196 valence electrons. The van der Waals surface area contributed by atoms with Crippen molar-refractivity contribution in [2.45, 2.75) is 6.04 Å². The highest BCUT2D eigenvalue weighted by atomic mass is 16.5. The van der Waals surface area contributed by atoms with E-state index in [9.17, 15) is 14.7 Å². The van der Waals surface area contributed by atoms with Crippen molar-refractivity contribution in [1.82, 2.24) is 9.97 Å². The maximum Gasteiger partial charge on any atom is 0.296 e. The van der Waals surface area contributed by atoms with Gasteiger partial charge < -0.3 is 28.7 Å². The highest BCUT2D eigenvalue weighted by molar-refractivity contribution is 6.20. The van der Waals surface area contributed by atoms with Crippen LogP contribution in [0.5, 0.6) is 17.2 Å². The molecule has 0 radical (unpaired) electrons. The maximum absolute atomic E-state index is 13.9. The Bertz CT molecular complexity index is 1780. The standard InChI is InChI=1S/C29H23N3O7/c1-36-17-9-7-15(8-10-17)24-23(25(33)22-13-16-5-4-6-21(38-3)27(16)39-22)26(34)28(35)32(24)29-30-19-12-11-18(37-2)14-20(19)31-29/h4-14,24,34H,1-3H3,(H,30,31). The number of aromatic amines is 1. The van der Waals surface area contributed by atoms with Crippen molar-refractivity contribution in [2.75, 3.05) is 26.2 Å². The Morgan fingerprint density at radius 3 is 2.44 bits per heavy atom. The van der Waals surface area contributed by atoms with E-state index in [1.807, 2.05) is 0 Å². The molecule has 1 unspecified atom stereocenters. The van der Waals surface area contributed by atoms with E-state index in [0.29, 0.717) is 44.8 Å². The van der Waals surface area contributed by atoms with Crippen LogP contribution in [0.4, 0.5) is 5.95 Å². The predicted octanol–water partition coefficient (Wildman–Crippen LogP) is 5.12. The number of benzene rings is 3. The molecule has 6 rings (SSSR count). The van der Waals surface area contributed by atoms with Crippen LogP contribution in [-0.4, -0.2) is 48.1 Å². The number of anilines is 1. The SMILES string of the molecule is COc1ccc(C2C(C(=O)c3cc4cccc(OC)c4o3)=C(O)C(=O)N2c2nc3ccc(OC)cc3[nH]2)cc1. The average molecular weight is 526 g/mol. The Kier molecular flexibility index (Phi) is 5.72. The number of nitrogens with one attached hydrogen (secondary N) is 1. The molecular formula is C29H23N3O7. The van der Waals surface area contributed by atoms with Crippen molar-refractivity contribution in [3.63, 3.8) is 0 Å². The van der Waals surface area contributed by atoms with Gasteiger partial charge in [0.1, 0.15) is 11.5 Å². The van der Waals surface area contributed by atoms with Gasteiger partial charge in [0.25, 0.3) is 5.91 Å². The molecule has 0 bridgehead atoms. The second-order valence-electron chi connectivity index (χ2n) is 8.88. The number of amides is 1. The van der Waals surface area contributed by atoms with Crippen LogP contribution < -0.4 is 19.1 Å². The molecule has 2 N–H and O–H groups in total. The Morgan fingerprint density at radius 1 is 0.974 bits per heavy atom. The lowest BCUT2D eigenvalue weighted by Crippen LogP contribution is -2.32. The molecule has 5 aromatic rings. The third-order valence-corrected chi connectivity index (χ3v) is 6.74. The van der Waals surface area contributed by atoms with Gasteiger partial charge in [0.2, 0.25) is 11.7 Å². The number of imidazole rings is 1. The number of para-hydroxylation sites is 1. The number of aliphatic hydroxyl groups excluding tert-OH is 1. The van der Waals surface area contributed by atoms with E-state index in [1.54, 1.807) is 80.9 Å². The molecule has 10 heteroatoms. The number of fused-ring (bicyclic) bond motifs is 2. The molecule has 39 heavy (non-hydrogen) atoms. The van der Waals surface area contributed by atoms with Crippen molar-refractivity contribution >= 4 is 39.6 Å². The number of rotatable bonds is 7. The molecule has 2 aromatic heterocycles. The maximum atomic E-state index is 13.9. The number of aliphatic hydroxyl groups is 1. The van der Waals surface area contributed by atoms with Crippen molar-refractivity contribution in [3.05, 3.63) is 89.4 Å². The van der Waals surface area contributed by atoms with Gasteiger partial charge in [-0.15, -0.1) is 0 Å². The van der Waals surface area contributed by atoms with Crippen LogP contribution in [-0.2, 0) is 4.79 Å². The lowest BCUT2D eigenvalue weighted by atomic mass is 9.95. The van der Waals surface area contributed by atoms with Gasteiger partial charge in [-0.25, -0.2) is 4.98 Å². The third-order valence-electron chi connectivity index (χ3n) is 6.74. The lowest BCUT2D eigenvalue weighted by Gasteiger charge is -2.24. The first-order chi connectivity index (χ1) is 18.9. The molecule has 0 saturated carbocycles. The zero-order valence-electron chi connectivity index (χ0n) is 21.2. The number of nitrogens with zero attached hydrogens (tertiary/aromatic N) is 2. The number of furan rings is 1. The van der Waals surface area contributed by atoms with E-state index < -0.39 is 23.5 Å². The number of hydrogen-bond acceptors (Lipinski definition) is 8. The number of methoxy groups -OCH3 is 3. The summed E-state index contributed by atoms with van der Waals surface area (Å²) in [5.74, 6) is -0.336. The molecule has 0 fully saturated rings. The van der Waals surface area contributed by atoms with Crippen LogP contribution in [0.2, 0.25) is 0 Å². The number of H-pyrrole nitrogens is 1. The summed E-state index contributed by atoms with van der Waals surface area (Å²) in [7, 11) is 4.60. The van der Waals surface area contributed by atoms with Crippen LogP contribution in [0.15, 0.2) is 82.5 Å². The average Bonchev–Trinajstić information content (AvgIpc) is 3.66. The summed E-state index contributed by atoms with van der Waals surface area (Å²) in [6, 6.07) is 18.0. The van der Waals surface area contributed by atoms with Crippen molar-refractivity contribution in [2.24, 2.45) is 0 Å². The van der Waals surface area contributed by atoms with E-state index in [1.165, 1.54) is 12.0 Å². The molecular weight excluding hydrogens is 502 g/mol. The monoisotopic (exact) mass is 525 g/mol. The number of Topliss-reactive ketones (excluding diaryl/α,β-unsaturated/α-hetero) is 1. The van der Waals surface area contributed by atoms with Crippen LogP contribution in [0.3, 0.4) is 0 Å². The quantitative estimate of drug-likeness (QED) is 0.281. The molecule has 10 nitrogen and oxygen atoms in total. The minimum atomic E-state index is -1.01. The normalized spacial score (nSPS) is 15.4. The van der Waals surface area contributed by atoms with Crippen LogP contribution in [0.1, 0.15) is 22.2 Å². The summed E-state index contributed by atoms with van der Waals surface area (Å²) in [4.78, 5) is 36.4. The van der Waals surface area contributed by atoms with Gasteiger partial charge in [0, 0.05) is 11.5 Å². The second kappa shape index (κ2) is 9.25. The first-order valence-electron chi connectivity index (χ1n) is 12.0. The van der Waals surface area contributed by atoms with Crippen molar-refractivity contribution in [3.8, 4) is 17.2 Å². The molecule has 1 aliphatic rings.